The first-order valence-corrected chi connectivity index (χ1v) is 8.63. The molecule has 0 aliphatic heterocycles. The van der Waals surface area contributed by atoms with E-state index in [-0.39, 0.29) is 12.1 Å². The molecule has 3 rings (SSSR count). The lowest BCUT2D eigenvalue weighted by Crippen LogP contribution is -2.26. The summed E-state index contributed by atoms with van der Waals surface area (Å²) >= 11 is 5.70. The number of hydrogen-bond acceptors (Lipinski definition) is 5. The second kappa shape index (κ2) is 8.01. The molecule has 0 atom stereocenters. The summed E-state index contributed by atoms with van der Waals surface area (Å²) in [7, 11) is 0. The Morgan fingerprint density at radius 2 is 1.57 bits per heavy atom. The smallest absolute Gasteiger partial charge is 0.295 e. The number of carbonyl (C=O) groups excluding carboxylic acids is 1. The van der Waals surface area contributed by atoms with E-state index >= 15 is 0 Å². The van der Waals surface area contributed by atoms with E-state index in [4.69, 9.17) is 11.6 Å². The van der Waals surface area contributed by atoms with Crippen LogP contribution in [0.2, 0.25) is 5.02 Å². The molecule has 0 unspecified atom stereocenters. The van der Waals surface area contributed by atoms with Crippen molar-refractivity contribution in [2.75, 3.05) is 6.54 Å². The highest BCUT2D eigenvalue weighted by Crippen LogP contribution is 2.34. The Morgan fingerprint density at radius 1 is 0.964 bits per heavy atom. The van der Waals surface area contributed by atoms with Crippen LogP contribution in [-0.2, 0) is 6.42 Å². The van der Waals surface area contributed by atoms with Gasteiger partial charge in [-0.2, -0.15) is 0 Å². The number of halogens is 1. The first kappa shape index (κ1) is 19.2. The molecular weight excluding hydrogens is 386 g/mol. The van der Waals surface area contributed by atoms with Gasteiger partial charge in [-0.3, -0.25) is 25.0 Å². The van der Waals surface area contributed by atoms with Crippen LogP contribution >= 0.6 is 11.6 Å². The molecule has 0 saturated heterocycles. The van der Waals surface area contributed by atoms with Gasteiger partial charge >= 0.3 is 0 Å². The molecular formula is C19H14ClN3O5. The molecule has 0 heterocycles. The Bertz CT molecular complexity index is 1060. The van der Waals surface area contributed by atoms with Gasteiger partial charge in [-0.05, 0) is 22.8 Å². The predicted octanol–water partition coefficient (Wildman–Crippen LogP) is 4.28. The van der Waals surface area contributed by atoms with E-state index in [9.17, 15) is 25.0 Å². The largest absolute Gasteiger partial charge is 0.352 e. The number of hydrogen-bond donors (Lipinski definition) is 1. The van der Waals surface area contributed by atoms with Crippen molar-refractivity contribution >= 4 is 39.7 Å². The Morgan fingerprint density at radius 3 is 2.21 bits per heavy atom. The second-order valence-electron chi connectivity index (χ2n) is 5.99. The van der Waals surface area contributed by atoms with Gasteiger partial charge in [-0.25, -0.2) is 0 Å². The van der Waals surface area contributed by atoms with Crippen molar-refractivity contribution in [2.45, 2.75) is 6.42 Å². The van der Waals surface area contributed by atoms with Crippen molar-refractivity contribution in [1.82, 2.24) is 5.32 Å². The molecule has 0 aromatic heterocycles. The summed E-state index contributed by atoms with van der Waals surface area (Å²) in [6.07, 6.45) is 0.533. The number of benzene rings is 3. The fraction of sp³-hybridized carbons (Fsp3) is 0.105. The first-order valence-electron chi connectivity index (χ1n) is 8.25. The van der Waals surface area contributed by atoms with Crippen LogP contribution in [0.15, 0.2) is 54.6 Å². The minimum atomic E-state index is -0.859. The number of rotatable bonds is 6. The Kier molecular flexibility index (Phi) is 5.51. The van der Waals surface area contributed by atoms with Crippen LogP contribution in [0.3, 0.4) is 0 Å². The molecule has 9 heteroatoms. The third kappa shape index (κ3) is 3.91. The highest BCUT2D eigenvalue weighted by molar-refractivity contribution is 6.35. The molecule has 0 aliphatic carbocycles. The van der Waals surface area contributed by atoms with Crippen molar-refractivity contribution in [3.63, 3.8) is 0 Å². The molecule has 0 aliphatic rings. The maximum absolute atomic E-state index is 12.4. The van der Waals surface area contributed by atoms with E-state index in [1.54, 1.807) is 0 Å². The van der Waals surface area contributed by atoms with E-state index in [2.05, 4.69) is 5.32 Å². The molecule has 0 saturated carbocycles. The standard InChI is InChI=1S/C19H14ClN3O5/c20-18-16(22(25)26)10-14(11-17(18)23(27)28)19(24)21-9-8-13-6-3-5-12-4-1-2-7-15(12)13/h1-7,10-11H,8-9H2,(H,21,24). The summed E-state index contributed by atoms with van der Waals surface area (Å²) in [4.78, 5) is 32.8. The minimum absolute atomic E-state index is 0.194. The number of nitrogens with zero attached hydrogens (tertiary/aromatic N) is 2. The van der Waals surface area contributed by atoms with Crippen molar-refractivity contribution in [3.05, 3.63) is 91.0 Å². The molecule has 1 amide bonds. The molecule has 3 aromatic rings. The summed E-state index contributed by atoms with van der Waals surface area (Å²) in [5, 5.41) is 26.3. The van der Waals surface area contributed by atoms with Crippen molar-refractivity contribution < 1.29 is 14.6 Å². The van der Waals surface area contributed by atoms with Gasteiger partial charge in [0.2, 0.25) is 0 Å². The van der Waals surface area contributed by atoms with Gasteiger partial charge in [0.15, 0.2) is 5.02 Å². The van der Waals surface area contributed by atoms with Gasteiger partial charge in [0.05, 0.1) is 15.4 Å². The lowest BCUT2D eigenvalue weighted by molar-refractivity contribution is -0.393. The topological polar surface area (TPSA) is 115 Å². The van der Waals surface area contributed by atoms with Crippen LogP contribution in [0.4, 0.5) is 11.4 Å². The van der Waals surface area contributed by atoms with E-state index in [0.29, 0.717) is 6.42 Å². The molecule has 0 radical (unpaired) electrons. The van der Waals surface area contributed by atoms with Crippen LogP contribution < -0.4 is 5.32 Å². The lowest BCUT2D eigenvalue weighted by Gasteiger charge is -2.08. The maximum atomic E-state index is 12.4. The quantitative estimate of drug-likeness (QED) is 0.490. The van der Waals surface area contributed by atoms with E-state index in [1.165, 1.54) is 0 Å². The first-order chi connectivity index (χ1) is 13.4. The summed E-state index contributed by atoms with van der Waals surface area (Å²) in [6.45, 7) is 0.261. The monoisotopic (exact) mass is 399 g/mol. The number of nitrogens with one attached hydrogen (secondary N) is 1. The zero-order valence-electron chi connectivity index (χ0n) is 14.4. The molecule has 0 bridgehead atoms. The van der Waals surface area contributed by atoms with Crippen LogP contribution in [0.1, 0.15) is 15.9 Å². The van der Waals surface area contributed by atoms with Gasteiger partial charge < -0.3 is 5.32 Å². The minimum Gasteiger partial charge on any atom is -0.352 e. The average Bonchev–Trinajstić information content (AvgIpc) is 2.67. The molecule has 3 aromatic carbocycles. The number of nitro benzene ring substituents is 2. The van der Waals surface area contributed by atoms with Gasteiger partial charge in [-0.1, -0.05) is 54.1 Å². The van der Waals surface area contributed by atoms with Crippen molar-refractivity contribution in [1.29, 1.82) is 0 Å². The molecule has 0 spiro atoms. The number of fused-ring (bicyclic) bond motifs is 1. The van der Waals surface area contributed by atoms with E-state index < -0.39 is 32.2 Å². The van der Waals surface area contributed by atoms with Gasteiger partial charge in [0, 0.05) is 18.7 Å². The van der Waals surface area contributed by atoms with Gasteiger partial charge in [0.1, 0.15) is 0 Å². The highest BCUT2D eigenvalue weighted by atomic mass is 35.5. The Balaban J connectivity index is 1.78. The fourth-order valence-corrected chi connectivity index (χ4v) is 3.16. The molecule has 28 heavy (non-hydrogen) atoms. The van der Waals surface area contributed by atoms with Crippen molar-refractivity contribution in [3.8, 4) is 0 Å². The SMILES string of the molecule is O=C(NCCc1cccc2ccccc12)c1cc([N+](=O)[O-])c(Cl)c([N+](=O)[O-])c1. The molecule has 8 nitrogen and oxygen atoms in total. The molecule has 1 N–H and O–H groups in total. The number of amides is 1. The summed E-state index contributed by atoms with van der Waals surface area (Å²) in [5.41, 5.74) is -0.530. The van der Waals surface area contributed by atoms with Gasteiger partial charge in [-0.15, -0.1) is 0 Å². The highest BCUT2D eigenvalue weighted by Gasteiger charge is 2.27. The normalized spacial score (nSPS) is 10.6. The van der Waals surface area contributed by atoms with Gasteiger partial charge in [0.25, 0.3) is 17.3 Å². The molecule has 142 valence electrons. The van der Waals surface area contributed by atoms with Crippen LogP contribution in [0, 0.1) is 20.2 Å². The zero-order chi connectivity index (χ0) is 20.3. The number of carbonyl (C=O) groups is 1. The number of nitro groups is 2. The molecule has 0 fully saturated rings. The lowest BCUT2D eigenvalue weighted by atomic mass is 10.0. The zero-order valence-corrected chi connectivity index (χ0v) is 15.2. The maximum Gasteiger partial charge on any atom is 0.295 e. The van der Waals surface area contributed by atoms with E-state index in [0.717, 1.165) is 28.5 Å². The average molecular weight is 400 g/mol. The predicted molar refractivity (Wildman–Crippen MR) is 105 cm³/mol. The summed E-state index contributed by atoms with van der Waals surface area (Å²) in [6, 6.07) is 15.6. The summed E-state index contributed by atoms with van der Waals surface area (Å²) < 4.78 is 0. The Hall–Kier alpha value is -3.52. The third-order valence-electron chi connectivity index (χ3n) is 4.25. The van der Waals surface area contributed by atoms with Crippen LogP contribution in [0.25, 0.3) is 10.8 Å². The fourth-order valence-electron chi connectivity index (χ4n) is 2.91. The van der Waals surface area contributed by atoms with Crippen LogP contribution in [-0.4, -0.2) is 22.3 Å². The van der Waals surface area contributed by atoms with Crippen molar-refractivity contribution in [2.24, 2.45) is 0 Å². The van der Waals surface area contributed by atoms with E-state index in [1.807, 2.05) is 42.5 Å². The Labute approximate surface area is 164 Å². The third-order valence-corrected chi connectivity index (χ3v) is 4.64. The summed E-state index contributed by atoms with van der Waals surface area (Å²) in [5.74, 6) is -0.650. The second-order valence-corrected chi connectivity index (χ2v) is 6.36. The van der Waals surface area contributed by atoms with Crippen LogP contribution in [0.5, 0.6) is 0 Å².